The molecule has 0 unspecified atom stereocenters. The molecule has 0 N–H and O–H groups in total. The van der Waals surface area contributed by atoms with E-state index in [-0.39, 0.29) is 5.12 Å². The molecule has 0 rings (SSSR count). The molecule has 0 aromatic heterocycles. The zero-order valence-electron chi connectivity index (χ0n) is 17.0. The van der Waals surface area contributed by atoms with Crippen molar-refractivity contribution in [3.05, 3.63) is 0 Å². The molecule has 0 aliphatic heterocycles. The standard InChI is InChI=1S/C21H41NO2S/c1-4-6-17-22(18-7-5-2)21(24)16-14-12-10-8-9-11-13-15-19-25-20(3)23/h4-19H2,1-3H3. The van der Waals surface area contributed by atoms with E-state index in [4.69, 9.17) is 0 Å². The Morgan fingerprint density at radius 1 is 0.720 bits per heavy atom. The molecule has 0 bridgehead atoms. The van der Waals surface area contributed by atoms with E-state index in [9.17, 15) is 9.59 Å². The van der Waals surface area contributed by atoms with E-state index in [0.717, 1.165) is 63.8 Å². The van der Waals surface area contributed by atoms with Crippen LogP contribution in [0.5, 0.6) is 0 Å². The normalized spacial score (nSPS) is 10.8. The molecule has 1 amide bonds. The minimum Gasteiger partial charge on any atom is -0.343 e. The zero-order valence-corrected chi connectivity index (χ0v) is 17.8. The van der Waals surface area contributed by atoms with Gasteiger partial charge in [-0.2, -0.15) is 0 Å². The molecule has 0 heterocycles. The first-order chi connectivity index (χ1) is 12.1. The highest BCUT2D eigenvalue weighted by Crippen LogP contribution is 2.13. The van der Waals surface area contributed by atoms with Gasteiger partial charge in [-0.3, -0.25) is 9.59 Å². The molecule has 0 aliphatic carbocycles. The fraction of sp³-hybridized carbons (Fsp3) is 0.905. The third-order valence-electron chi connectivity index (χ3n) is 4.51. The van der Waals surface area contributed by atoms with Gasteiger partial charge in [-0.15, -0.1) is 0 Å². The van der Waals surface area contributed by atoms with Gasteiger partial charge in [0.1, 0.15) is 0 Å². The monoisotopic (exact) mass is 371 g/mol. The second kappa shape index (κ2) is 18.3. The van der Waals surface area contributed by atoms with Gasteiger partial charge in [-0.25, -0.2) is 0 Å². The molecule has 25 heavy (non-hydrogen) atoms. The molecule has 0 aromatic rings. The summed E-state index contributed by atoms with van der Waals surface area (Å²) in [6.45, 7) is 7.89. The summed E-state index contributed by atoms with van der Waals surface area (Å²) in [5, 5.41) is 0.234. The number of hydrogen-bond acceptors (Lipinski definition) is 3. The van der Waals surface area contributed by atoms with E-state index in [1.54, 1.807) is 6.92 Å². The largest absolute Gasteiger partial charge is 0.343 e. The third kappa shape index (κ3) is 16.7. The first-order valence-electron chi connectivity index (χ1n) is 10.5. The maximum atomic E-state index is 12.3. The molecule has 0 aromatic carbocycles. The van der Waals surface area contributed by atoms with Crippen molar-refractivity contribution in [2.24, 2.45) is 0 Å². The van der Waals surface area contributed by atoms with E-state index in [1.807, 2.05) is 0 Å². The molecule has 0 atom stereocenters. The Labute approximate surface area is 160 Å². The number of carbonyl (C=O) groups excluding carboxylic acids is 2. The number of thioether (sulfide) groups is 1. The quantitative estimate of drug-likeness (QED) is 0.285. The lowest BCUT2D eigenvalue weighted by molar-refractivity contribution is -0.131. The van der Waals surface area contributed by atoms with E-state index >= 15 is 0 Å². The number of rotatable bonds is 17. The lowest BCUT2D eigenvalue weighted by Gasteiger charge is -2.22. The Balaban J connectivity index is 3.54. The molecule has 0 aliphatic rings. The number of unbranched alkanes of at least 4 members (excludes halogenated alkanes) is 9. The molecule has 0 saturated heterocycles. The predicted molar refractivity (Wildman–Crippen MR) is 111 cm³/mol. The van der Waals surface area contributed by atoms with Crippen molar-refractivity contribution >= 4 is 22.8 Å². The van der Waals surface area contributed by atoms with Gasteiger partial charge >= 0.3 is 0 Å². The molecule has 0 radical (unpaired) electrons. The van der Waals surface area contributed by atoms with Crippen LogP contribution >= 0.6 is 11.8 Å². The highest BCUT2D eigenvalue weighted by atomic mass is 32.2. The Hall–Kier alpha value is -0.510. The van der Waals surface area contributed by atoms with Gasteiger partial charge in [0, 0.05) is 32.2 Å². The van der Waals surface area contributed by atoms with Gasteiger partial charge in [0.05, 0.1) is 0 Å². The van der Waals surface area contributed by atoms with E-state index in [2.05, 4.69) is 18.7 Å². The van der Waals surface area contributed by atoms with Crippen molar-refractivity contribution in [2.75, 3.05) is 18.8 Å². The van der Waals surface area contributed by atoms with Gasteiger partial charge in [0.2, 0.25) is 5.91 Å². The smallest absolute Gasteiger partial charge is 0.222 e. The lowest BCUT2D eigenvalue weighted by Crippen LogP contribution is -2.32. The van der Waals surface area contributed by atoms with Gasteiger partial charge in [0.15, 0.2) is 5.12 Å². The first-order valence-corrected chi connectivity index (χ1v) is 11.5. The van der Waals surface area contributed by atoms with Crippen molar-refractivity contribution in [2.45, 2.75) is 104 Å². The minimum atomic E-state index is 0.234. The van der Waals surface area contributed by atoms with Crippen molar-refractivity contribution in [1.29, 1.82) is 0 Å². The van der Waals surface area contributed by atoms with Crippen LogP contribution in [-0.2, 0) is 9.59 Å². The summed E-state index contributed by atoms with van der Waals surface area (Å²) in [6, 6.07) is 0. The van der Waals surface area contributed by atoms with Crippen LogP contribution < -0.4 is 0 Å². The SMILES string of the molecule is CCCCN(CCCC)C(=O)CCCCCCCCCCSC(C)=O. The molecule has 3 nitrogen and oxygen atoms in total. The van der Waals surface area contributed by atoms with Gasteiger partial charge in [-0.1, -0.05) is 77.0 Å². The maximum Gasteiger partial charge on any atom is 0.222 e. The van der Waals surface area contributed by atoms with Crippen LogP contribution in [0.15, 0.2) is 0 Å². The van der Waals surface area contributed by atoms with Crippen LogP contribution in [0.2, 0.25) is 0 Å². The van der Waals surface area contributed by atoms with Crippen LogP contribution in [0.25, 0.3) is 0 Å². The summed E-state index contributed by atoms with van der Waals surface area (Å²) in [7, 11) is 0. The summed E-state index contributed by atoms with van der Waals surface area (Å²) in [5.41, 5.74) is 0. The van der Waals surface area contributed by atoms with Crippen LogP contribution in [0, 0.1) is 0 Å². The van der Waals surface area contributed by atoms with Crippen molar-refractivity contribution in [1.82, 2.24) is 4.90 Å². The Bertz CT molecular complexity index is 326. The highest BCUT2D eigenvalue weighted by Gasteiger charge is 2.11. The van der Waals surface area contributed by atoms with Crippen molar-refractivity contribution in [3.63, 3.8) is 0 Å². The lowest BCUT2D eigenvalue weighted by atomic mass is 10.1. The predicted octanol–water partition coefficient (Wildman–Crippen LogP) is 6.21. The van der Waals surface area contributed by atoms with Gasteiger partial charge in [0.25, 0.3) is 0 Å². The third-order valence-corrected chi connectivity index (χ3v) is 5.41. The zero-order chi connectivity index (χ0) is 18.8. The van der Waals surface area contributed by atoms with Crippen LogP contribution in [-0.4, -0.2) is 34.8 Å². The Kier molecular flexibility index (Phi) is 17.9. The summed E-state index contributed by atoms with van der Waals surface area (Å²) in [6.07, 6.45) is 15.0. The van der Waals surface area contributed by atoms with Crippen molar-refractivity contribution in [3.8, 4) is 0 Å². The molecular formula is C21H41NO2S. The van der Waals surface area contributed by atoms with E-state index < -0.39 is 0 Å². The summed E-state index contributed by atoms with van der Waals surface area (Å²) in [5.74, 6) is 1.34. The number of amides is 1. The fourth-order valence-corrected chi connectivity index (χ4v) is 3.51. The Morgan fingerprint density at radius 3 is 1.68 bits per heavy atom. The second-order valence-electron chi connectivity index (χ2n) is 7.01. The summed E-state index contributed by atoms with van der Waals surface area (Å²) in [4.78, 5) is 25.2. The average Bonchev–Trinajstić information content (AvgIpc) is 2.59. The maximum absolute atomic E-state index is 12.3. The van der Waals surface area contributed by atoms with Gasteiger partial charge in [-0.05, 0) is 25.7 Å². The van der Waals surface area contributed by atoms with Crippen LogP contribution in [0.3, 0.4) is 0 Å². The molecule has 4 heteroatoms. The summed E-state index contributed by atoms with van der Waals surface area (Å²) < 4.78 is 0. The van der Waals surface area contributed by atoms with Crippen LogP contribution in [0.1, 0.15) is 104 Å². The number of nitrogens with zero attached hydrogens (tertiary/aromatic N) is 1. The molecule has 0 fully saturated rings. The molecule has 0 spiro atoms. The molecule has 148 valence electrons. The number of hydrogen-bond donors (Lipinski definition) is 0. The minimum absolute atomic E-state index is 0.234. The highest BCUT2D eigenvalue weighted by molar-refractivity contribution is 8.13. The number of carbonyl (C=O) groups is 2. The molecular weight excluding hydrogens is 330 g/mol. The topological polar surface area (TPSA) is 37.4 Å². The van der Waals surface area contributed by atoms with E-state index in [1.165, 1.54) is 50.3 Å². The molecule has 0 saturated carbocycles. The average molecular weight is 372 g/mol. The van der Waals surface area contributed by atoms with Crippen molar-refractivity contribution < 1.29 is 9.59 Å². The summed E-state index contributed by atoms with van der Waals surface area (Å²) >= 11 is 1.45. The first kappa shape index (κ1) is 24.5. The second-order valence-corrected chi connectivity index (χ2v) is 8.28. The fourth-order valence-electron chi connectivity index (χ4n) is 2.87. The van der Waals surface area contributed by atoms with E-state index in [0.29, 0.717) is 5.91 Å². The van der Waals surface area contributed by atoms with Gasteiger partial charge < -0.3 is 4.90 Å². The van der Waals surface area contributed by atoms with Crippen LogP contribution in [0.4, 0.5) is 0 Å². The Morgan fingerprint density at radius 2 is 1.20 bits per heavy atom.